The highest BCUT2D eigenvalue weighted by Gasteiger charge is 2.42. The molecule has 234 valence electrons. The molecule has 4 aliphatic rings. The summed E-state index contributed by atoms with van der Waals surface area (Å²) in [5.74, 6) is -0.777. The second kappa shape index (κ2) is 11.0. The number of carbonyl (C=O) groups excluding carboxylic acids is 1. The van der Waals surface area contributed by atoms with Gasteiger partial charge in [0.2, 0.25) is 5.95 Å². The van der Waals surface area contributed by atoms with Crippen molar-refractivity contribution in [2.45, 2.75) is 62.2 Å². The van der Waals surface area contributed by atoms with Gasteiger partial charge in [-0.2, -0.15) is 13.2 Å². The van der Waals surface area contributed by atoms with Crippen molar-refractivity contribution >= 4 is 44.4 Å². The van der Waals surface area contributed by atoms with Gasteiger partial charge in [0.25, 0.3) is 5.91 Å². The van der Waals surface area contributed by atoms with Gasteiger partial charge in [0.15, 0.2) is 9.84 Å². The van der Waals surface area contributed by atoms with E-state index in [1.54, 1.807) is 0 Å². The highest BCUT2D eigenvalue weighted by Crippen LogP contribution is 2.43. The number of hydrogen-bond donors (Lipinski definition) is 1. The summed E-state index contributed by atoms with van der Waals surface area (Å²) in [6.07, 6.45) is 0.755. The molecule has 44 heavy (non-hydrogen) atoms. The van der Waals surface area contributed by atoms with E-state index in [-0.39, 0.29) is 38.9 Å². The number of thiophene rings is 1. The molecular formula is C30H33F3N6O3S2. The largest absolute Gasteiger partial charge is 0.420 e. The van der Waals surface area contributed by atoms with Crippen LogP contribution in [0, 0.1) is 0 Å². The first kappa shape index (κ1) is 29.5. The van der Waals surface area contributed by atoms with Crippen LogP contribution in [0.1, 0.15) is 53.4 Å². The minimum atomic E-state index is -4.79. The molecule has 9 nitrogen and oxygen atoms in total. The third-order valence-corrected chi connectivity index (χ3v) is 11.8. The molecule has 1 N–H and O–H groups in total. The second-order valence-corrected chi connectivity index (χ2v) is 15.0. The van der Waals surface area contributed by atoms with Crippen molar-refractivity contribution in [2.75, 3.05) is 48.7 Å². The number of nitrogens with zero attached hydrogens (tertiary/aromatic N) is 5. The molecule has 0 atom stereocenters. The predicted molar refractivity (Wildman–Crippen MR) is 162 cm³/mol. The number of alkyl halides is 3. The van der Waals surface area contributed by atoms with E-state index in [1.807, 2.05) is 19.1 Å². The molecule has 1 saturated heterocycles. The number of sulfone groups is 1. The first-order valence-electron chi connectivity index (χ1n) is 15.0. The molecule has 0 bridgehead atoms. The van der Waals surface area contributed by atoms with Crippen LogP contribution in [0.3, 0.4) is 0 Å². The second-order valence-electron chi connectivity index (χ2n) is 11.9. The van der Waals surface area contributed by atoms with Crippen LogP contribution in [0.25, 0.3) is 10.6 Å². The van der Waals surface area contributed by atoms with E-state index in [2.05, 4.69) is 31.2 Å². The van der Waals surface area contributed by atoms with Crippen LogP contribution in [0.4, 0.5) is 30.5 Å². The Labute approximate surface area is 258 Å². The van der Waals surface area contributed by atoms with Crippen LogP contribution in [-0.2, 0) is 22.4 Å². The molecule has 4 heterocycles. The van der Waals surface area contributed by atoms with E-state index < -0.39 is 33.2 Å². The third kappa shape index (κ3) is 5.67. The lowest BCUT2D eigenvalue weighted by molar-refractivity contribution is -0.137. The number of carbonyl (C=O) groups is 1. The van der Waals surface area contributed by atoms with E-state index in [9.17, 15) is 26.4 Å². The lowest BCUT2D eigenvalue weighted by atomic mass is 10.1. The van der Waals surface area contributed by atoms with Crippen molar-refractivity contribution in [3.63, 3.8) is 0 Å². The number of hydrogen-bond acceptors (Lipinski definition) is 9. The molecule has 0 radical (unpaired) electrons. The zero-order valence-corrected chi connectivity index (χ0v) is 25.9. The number of anilines is 3. The lowest BCUT2D eigenvalue weighted by Crippen LogP contribution is -2.47. The van der Waals surface area contributed by atoms with Gasteiger partial charge in [-0.1, -0.05) is 6.92 Å². The lowest BCUT2D eigenvalue weighted by Gasteiger charge is -2.36. The summed E-state index contributed by atoms with van der Waals surface area (Å²) in [6, 6.07) is 7.88. The van der Waals surface area contributed by atoms with Crippen LogP contribution in [0.2, 0.25) is 0 Å². The Morgan fingerprint density at radius 1 is 1.02 bits per heavy atom. The minimum Gasteiger partial charge on any atom is -0.369 e. The van der Waals surface area contributed by atoms with Crippen LogP contribution < -0.4 is 10.2 Å². The maximum atomic E-state index is 14.2. The van der Waals surface area contributed by atoms with Crippen LogP contribution in [0.15, 0.2) is 35.4 Å². The third-order valence-electron chi connectivity index (χ3n) is 8.86. The molecule has 3 aromatic rings. The molecule has 2 aliphatic carbocycles. The van der Waals surface area contributed by atoms with E-state index in [0.717, 1.165) is 67.7 Å². The highest BCUT2D eigenvalue weighted by molar-refractivity contribution is 7.91. The van der Waals surface area contributed by atoms with Crippen molar-refractivity contribution < 1.29 is 26.4 Å². The van der Waals surface area contributed by atoms with Crippen molar-refractivity contribution in [3.8, 4) is 10.6 Å². The van der Waals surface area contributed by atoms with Crippen molar-refractivity contribution in [1.82, 2.24) is 19.8 Å². The van der Waals surface area contributed by atoms with Gasteiger partial charge in [0.05, 0.1) is 21.2 Å². The fourth-order valence-corrected chi connectivity index (χ4v) is 9.02. The van der Waals surface area contributed by atoms with Gasteiger partial charge in [-0.15, -0.1) is 11.3 Å². The number of piperazine rings is 1. The normalized spacial score (nSPS) is 20.9. The Morgan fingerprint density at radius 2 is 1.75 bits per heavy atom. The molecule has 3 fully saturated rings. The summed E-state index contributed by atoms with van der Waals surface area (Å²) in [5, 5.41) is 3.09. The summed E-state index contributed by atoms with van der Waals surface area (Å²) in [7, 11) is -3.87. The standard InChI is InChI=1S/C30H33F3N6O3S2/c1-2-18-15-21(38-11-9-37(10-12-38)19-3-4-19)7-8-23(18)35-29-34-17-22(30(31,32)33)26(36-29)24-16-25-27(43-24)28(40)39(20-5-6-20)13-14-44(25,41)42/h7-8,15-17,19-20H,2-6,9-14H2,1H3,(H,34,35,36). The summed E-state index contributed by atoms with van der Waals surface area (Å²) >= 11 is 0.740. The molecular weight excluding hydrogens is 613 g/mol. The molecule has 7 rings (SSSR count). The summed E-state index contributed by atoms with van der Waals surface area (Å²) in [6.45, 7) is 6.04. The molecule has 1 amide bonds. The Balaban J connectivity index is 1.20. The van der Waals surface area contributed by atoms with E-state index in [4.69, 9.17) is 0 Å². The van der Waals surface area contributed by atoms with Crippen LogP contribution in [-0.4, -0.2) is 84.7 Å². The smallest absolute Gasteiger partial charge is 0.369 e. The van der Waals surface area contributed by atoms with Crippen molar-refractivity contribution in [2.24, 2.45) is 0 Å². The van der Waals surface area contributed by atoms with Crippen molar-refractivity contribution in [1.29, 1.82) is 0 Å². The number of aromatic nitrogens is 2. The number of aryl methyl sites for hydroxylation is 1. The number of halogens is 3. The van der Waals surface area contributed by atoms with E-state index in [0.29, 0.717) is 18.3 Å². The summed E-state index contributed by atoms with van der Waals surface area (Å²) < 4.78 is 68.6. The topological polar surface area (TPSA) is 98.7 Å². The molecule has 2 aliphatic heterocycles. The van der Waals surface area contributed by atoms with Crippen molar-refractivity contribution in [3.05, 3.63) is 46.5 Å². The van der Waals surface area contributed by atoms with Crippen LogP contribution in [0.5, 0.6) is 0 Å². The van der Waals surface area contributed by atoms with E-state index in [1.165, 1.54) is 23.8 Å². The molecule has 1 aromatic carbocycles. The first-order valence-corrected chi connectivity index (χ1v) is 17.5. The number of amides is 1. The average molecular weight is 647 g/mol. The maximum absolute atomic E-state index is 14.2. The molecule has 2 aromatic heterocycles. The Morgan fingerprint density at radius 3 is 2.41 bits per heavy atom. The summed E-state index contributed by atoms with van der Waals surface area (Å²) in [5.41, 5.74) is 1.19. The fraction of sp³-hybridized carbons (Fsp3) is 0.500. The van der Waals surface area contributed by atoms with Gasteiger partial charge in [-0.3, -0.25) is 9.69 Å². The average Bonchev–Trinajstić information content (AvgIpc) is 3.94. The predicted octanol–water partition coefficient (Wildman–Crippen LogP) is 5.21. The van der Waals surface area contributed by atoms with E-state index >= 15 is 0 Å². The zero-order valence-electron chi connectivity index (χ0n) is 24.2. The minimum absolute atomic E-state index is 0.0266. The summed E-state index contributed by atoms with van der Waals surface area (Å²) in [4.78, 5) is 27.6. The molecule has 0 unspecified atom stereocenters. The van der Waals surface area contributed by atoms with Gasteiger partial charge in [0.1, 0.15) is 10.4 Å². The highest BCUT2D eigenvalue weighted by atomic mass is 32.2. The molecule has 2 saturated carbocycles. The monoisotopic (exact) mass is 646 g/mol. The zero-order chi connectivity index (χ0) is 30.8. The fourth-order valence-electron chi connectivity index (χ4n) is 6.10. The molecule has 0 spiro atoms. The van der Waals surface area contributed by atoms with Crippen LogP contribution >= 0.6 is 11.3 Å². The number of rotatable bonds is 7. The molecule has 14 heteroatoms. The van der Waals surface area contributed by atoms with Gasteiger partial charge < -0.3 is 15.1 Å². The Hall–Kier alpha value is -3.23. The van der Waals surface area contributed by atoms with Gasteiger partial charge in [-0.05, 0) is 61.9 Å². The van der Waals surface area contributed by atoms with Gasteiger partial charge in [0, 0.05) is 62.4 Å². The first-order chi connectivity index (χ1) is 21.0. The van der Waals surface area contributed by atoms with Gasteiger partial charge >= 0.3 is 6.18 Å². The number of nitrogens with one attached hydrogen (secondary N) is 1. The maximum Gasteiger partial charge on any atom is 0.420 e. The number of fused-ring (bicyclic) bond motifs is 1. The quantitative estimate of drug-likeness (QED) is 0.374. The van der Waals surface area contributed by atoms with Gasteiger partial charge in [-0.25, -0.2) is 18.4 Å². The Bertz CT molecular complexity index is 1710. The SMILES string of the molecule is CCc1cc(N2CCN(C3CC3)CC2)ccc1Nc1ncc(C(F)(F)F)c(-c2cc3c(s2)C(=O)N(C2CC2)CCS3(=O)=O)n1. The number of benzene rings is 1. The Kier molecular flexibility index (Phi) is 7.36.